The third kappa shape index (κ3) is 36.0. The highest BCUT2D eigenvalue weighted by molar-refractivity contribution is 9.12. The molecule has 5 atom stereocenters. The molecule has 0 bridgehead atoms. The Hall–Kier alpha value is -0.0700. The first-order valence-corrected chi connectivity index (χ1v) is 24.4. The van der Waals surface area contributed by atoms with Crippen LogP contribution in [0.3, 0.4) is 0 Å². The fourth-order valence-electron chi connectivity index (χ4n) is 5.97. The third-order valence-electron chi connectivity index (χ3n) is 9.36. The van der Waals surface area contributed by atoms with Gasteiger partial charge in [0.2, 0.25) is 0 Å². The Morgan fingerprint density at radius 3 is 1.38 bits per heavy atom. The van der Waals surface area contributed by atoms with E-state index in [1.165, 1.54) is 103 Å². The first-order valence-electron chi connectivity index (χ1n) is 21.1. The maximum absolute atomic E-state index is 12.6. The number of hydrogen-bond donors (Lipinski definition) is 3. The highest BCUT2D eigenvalue weighted by atomic mass is 79.9. The fourth-order valence-corrected chi connectivity index (χ4v) is 7.94. The van der Waals surface area contributed by atoms with Crippen LogP contribution < -0.4 is 0 Å². The second-order valence-electron chi connectivity index (χ2n) is 14.6. The lowest BCUT2D eigenvalue weighted by Crippen LogP contribution is -2.29. The molecule has 316 valence electrons. The van der Waals surface area contributed by atoms with Crippen LogP contribution in [-0.2, 0) is 32.7 Å². The first kappa shape index (κ1) is 52.9. The minimum Gasteiger partial charge on any atom is -0.462 e. The van der Waals surface area contributed by atoms with E-state index in [0.717, 1.165) is 51.4 Å². The highest BCUT2D eigenvalue weighted by Crippen LogP contribution is 2.43. The number of aliphatic hydroxyl groups excluding tert-OH is 2. The van der Waals surface area contributed by atoms with Crippen LogP contribution in [0, 0.1) is 0 Å². The second kappa shape index (κ2) is 37.5. The van der Waals surface area contributed by atoms with Gasteiger partial charge in [-0.15, -0.1) is 0 Å². The molecular weight excluding hydrogens is 831 g/mol. The van der Waals surface area contributed by atoms with Gasteiger partial charge in [-0.05, 0) is 25.7 Å². The molecule has 53 heavy (non-hydrogen) atoms. The number of alkyl halides is 2. The average molecular weight is 909 g/mol. The minimum atomic E-state index is -4.62. The van der Waals surface area contributed by atoms with Gasteiger partial charge in [-0.1, -0.05) is 187 Å². The summed E-state index contributed by atoms with van der Waals surface area (Å²) in [5, 5.41) is 18.3. The molecule has 0 aliphatic carbocycles. The van der Waals surface area contributed by atoms with Gasteiger partial charge >= 0.3 is 19.8 Å². The number of unbranched alkanes of at least 4 members (excludes halogenated alkanes) is 21. The number of aliphatic hydroxyl groups is 2. The van der Waals surface area contributed by atoms with Crippen LogP contribution in [0.2, 0.25) is 0 Å². The van der Waals surface area contributed by atoms with Gasteiger partial charge in [-0.25, -0.2) is 4.57 Å². The van der Waals surface area contributed by atoms with Crippen molar-refractivity contribution in [1.82, 2.24) is 0 Å². The predicted octanol–water partition coefficient (Wildman–Crippen LogP) is 11.4. The zero-order valence-corrected chi connectivity index (χ0v) is 37.4. The van der Waals surface area contributed by atoms with E-state index in [2.05, 4.69) is 45.7 Å². The Morgan fingerprint density at radius 2 is 0.943 bits per heavy atom. The summed E-state index contributed by atoms with van der Waals surface area (Å²) < 4.78 is 32.7. The quantitative estimate of drug-likeness (QED) is 0.0235. The van der Waals surface area contributed by atoms with Crippen LogP contribution in [0.1, 0.15) is 194 Å². The highest BCUT2D eigenvalue weighted by Gasteiger charge is 2.27. The van der Waals surface area contributed by atoms with E-state index in [1.807, 2.05) is 0 Å². The monoisotopic (exact) mass is 906 g/mol. The molecule has 0 aliphatic rings. The van der Waals surface area contributed by atoms with E-state index in [9.17, 15) is 24.2 Å². The van der Waals surface area contributed by atoms with E-state index in [0.29, 0.717) is 22.5 Å². The van der Waals surface area contributed by atoms with Crippen molar-refractivity contribution in [3.63, 3.8) is 0 Å². The topological polar surface area (TPSA) is 149 Å². The number of phosphoric acid groups is 1. The lowest BCUT2D eigenvalue weighted by molar-refractivity contribution is -0.161. The van der Waals surface area contributed by atoms with Crippen LogP contribution in [0.5, 0.6) is 0 Å². The fraction of sp³-hybridized carbons (Fsp3) is 0.950. The number of halogens is 2. The molecule has 0 aromatic heterocycles. The normalized spacial score (nSPS) is 15.1. The molecule has 0 saturated heterocycles. The largest absolute Gasteiger partial charge is 0.472 e. The summed E-state index contributed by atoms with van der Waals surface area (Å²) in [5.74, 6) is -0.934. The van der Waals surface area contributed by atoms with Crippen LogP contribution in [0.15, 0.2) is 0 Å². The van der Waals surface area contributed by atoms with E-state index in [-0.39, 0.29) is 19.4 Å². The van der Waals surface area contributed by atoms with Crippen LogP contribution >= 0.6 is 39.7 Å². The Labute approximate surface area is 339 Å². The molecular formula is C40H77Br2O10P. The van der Waals surface area contributed by atoms with E-state index < -0.39 is 51.8 Å². The van der Waals surface area contributed by atoms with Crippen molar-refractivity contribution >= 4 is 51.6 Å². The van der Waals surface area contributed by atoms with Gasteiger partial charge in [-0.3, -0.25) is 18.6 Å². The van der Waals surface area contributed by atoms with Gasteiger partial charge in [-0.2, -0.15) is 0 Å². The smallest absolute Gasteiger partial charge is 0.462 e. The van der Waals surface area contributed by atoms with Crippen molar-refractivity contribution in [1.29, 1.82) is 0 Å². The number of phosphoric ester groups is 1. The summed E-state index contributed by atoms with van der Waals surface area (Å²) in [7, 11) is -4.62. The maximum Gasteiger partial charge on any atom is 0.472 e. The number of ether oxygens (including phenoxy) is 2. The number of esters is 2. The first-order chi connectivity index (χ1) is 25.5. The molecule has 10 nitrogen and oxygen atoms in total. The molecule has 3 N–H and O–H groups in total. The summed E-state index contributed by atoms with van der Waals surface area (Å²) in [5.41, 5.74) is 0. The summed E-state index contributed by atoms with van der Waals surface area (Å²) in [6.07, 6.45) is 28.4. The van der Waals surface area contributed by atoms with Crippen molar-refractivity contribution < 1.29 is 47.8 Å². The summed E-state index contributed by atoms with van der Waals surface area (Å²) in [4.78, 5) is 36.0. The minimum absolute atomic E-state index is 0.169. The van der Waals surface area contributed by atoms with Gasteiger partial charge < -0.3 is 24.6 Å². The lowest BCUT2D eigenvalue weighted by atomic mass is 10.0. The standard InChI is InChI=1S/C40H77Br2O10P/c1-3-5-7-9-11-12-13-14-15-16-17-21-25-29-39(45)49-33-36(34-51-53(47,48)50-32-35(44)31-43)52-40(46)30-26-22-18-20-24-28-38(42)37(41)27-23-19-10-8-6-4-2/h35-38,43-44H,3-34H2,1-2H3,(H,47,48)/t35?,36-,37?,38?/m1/s1. The van der Waals surface area contributed by atoms with E-state index in [4.69, 9.17) is 23.6 Å². The number of hydrogen-bond acceptors (Lipinski definition) is 9. The SMILES string of the molecule is CCCCCCCCCCCCCCCC(=O)OC[C@H](COP(=O)(O)OCC(O)CO)OC(=O)CCCCCCCC(Br)C(Br)CCCCCCCC. The molecule has 0 rings (SSSR count). The van der Waals surface area contributed by atoms with Gasteiger partial charge in [0.15, 0.2) is 6.10 Å². The second-order valence-corrected chi connectivity index (χ2v) is 18.4. The van der Waals surface area contributed by atoms with E-state index in [1.54, 1.807) is 0 Å². The molecule has 0 spiro atoms. The third-order valence-corrected chi connectivity index (χ3v) is 13.2. The molecule has 4 unspecified atom stereocenters. The van der Waals surface area contributed by atoms with E-state index >= 15 is 0 Å². The number of carbonyl (C=O) groups is 2. The molecule has 0 heterocycles. The predicted molar refractivity (Wildman–Crippen MR) is 222 cm³/mol. The Morgan fingerprint density at radius 1 is 0.566 bits per heavy atom. The van der Waals surface area contributed by atoms with Gasteiger partial charge in [0.1, 0.15) is 12.7 Å². The molecule has 0 aromatic carbocycles. The molecule has 0 saturated carbocycles. The number of rotatable bonds is 40. The Bertz CT molecular complexity index is 900. The zero-order valence-electron chi connectivity index (χ0n) is 33.3. The molecule has 0 aliphatic heterocycles. The van der Waals surface area contributed by atoms with Gasteiger partial charge in [0, 0.05) is 22.5 Å². The van der Waals surface area contributed by atoms with Crippen molar-refractivity contribution in [3.8, 4) is 0 Å². The van der Waals surface area contributed by atoms with Crippen LogP contribution in [-0.4, -0.2) is 75.3 Å². The van der Waals surface area contributed by atoms with Crippen molar-refractivity contribution in [3.05, 3.63) is 0 Å². The molecule has 0 amide bonds. The maximum atomic E-state index is 12.6. The molecule has 0 fully saturated rings. The Kier molecular flexibility index (Phi) is 37.5. The Balaban J connectivity index is 4.41. The van der Waals surface area contributed by atoms with Gasteiger partial charge in [0.05, 0.1) is 19.8 Å². The summed E-state index contributed by atoms with van der Waals surface area (Å²) >= 11 is 7.71. The summed E-state index contributed by atoms with van der Waals surface area (Å²) in [6.45, 7) is 2.36. The molecule has 13 heteroatoms. The van der Waals surface area contributed by atoms with Crippen molar-refractivity contribution in [2.24, 2.45) is 0 Å². The average Bonchev–Trinajstić information content (AvgIpc) is 3.14. The zero-order chi connectivity index (χ0) is 39.4. The van der Waals surface area contributed by atoms with Crippen molar-refractivity contribution in [2.75, 3.05) is 26.4 Å². The molecule has 0 aromatic rings. The van der Waals surface area contributed by atoms with Crippen LogP contribution in [0.25, 0.3) is 0 Å². The number of carbonyl (C=O) groups excluding carboxylic acids is 2. The summed E-state index contributed by atoms with van der Waals surface area (Å²) in [6, 6.07) is 0. The van der Waals surface area contributed by atoms with Crippen molar-refractivity contribution in [2.45, 2.75) is 215 Å². The van der Waals surface area contributed by atoms with Gasteiger partial charge in [0.25, 0.3) is 0 Å². The molecule has 0 radical (unpaired) electrons. The lowest BCUT2D eigenvalue weighted by Gasteiger charge is -2.20. The van der Waals surface area contributed by atoms with Crippen LogP contribution in [0.4, 0.5) is 0 Å².